The third-order valence-corrected chi connectivity index (χ3v) is 5.38. The van der Waals surface area contributed by atoms with E-state index in [0.717, 1.165) is 0 Å². The van der Waals surface area contributed by atoms with Crippen molar-refractivity contribution < 1.29 is 33.5 Å². The van der Waals surface area contributed by atoms with E-state index < -0.39 is 20.6 Å². The molecule has 86 valence electrons. The van der Waals surface area contributed by atoms with Crippen LogP contribution in [0.15, 0.2) is 0 Å². The van der Waals surface area contributed by atoms with Gasteiger partial charge in [0.1, 0.15) is 0 Å². The van der Waals surface area contributed by atoms with Crippen molar-refractivity contribution in [1.29, 1.82) is 0 Å². The van der Waals surface area contributed by atoms with Crippen LogP contribution in [-0.2, 0) is 14.0 Å². The second-order valence-electron chi connectivity index (χ2n) is 2.67. The van der Waals surface area contributed by atoms with E-state index in [9.17, 15) is 9.13 Å². The molecule has 0 saturated carbocycles. The van der Waals surface area contributed by atoms with E-state index >= 15 is 0 Å². The molecule has 8 nitrogen and oxygen atoms in total. The minimum atomic E-state index is -4.80. The number of hydrogen-bond acceptors (Lipinski definition) is 4. The first kappa shape index (κ1) is 14.2. The molecule has 0 aliphatic carbocycles. The van der Waals surface area contributed by atoms with E-state index in [1.54, 1.807) is 0 Å². The molecule has 0 heterocycles. The summed E-state index contributed by atoms with van der Waals surface area (Å²) in [7, 11) is -9.59. The third-order valence-electron chi connectivity index (χ3n) is 1.50. The molecular weight excluding hydrogens is 236 g/mol. The second-order valence-corrected chi connectivity index (χ2v) is 6.68. The fourth-order valence-corrected chi connectivity index (χ4v) is 3.49. The minimum Gasteiger partial charge on any atom is -0.324 e. The van der Waals surface area contributed by atoms with E-state index in [0.29, 0.717) is 0 Å². The number of hydrogen-bond donors (Lipinski definition) is 5. The van der Waals surface area contributed by atoms with Crippen molar-refractivity contribution in [2.75, 3.05) is 6.61 Å². The SMILES string of the molecule is NOCCCC(P(=O)(O)O)P(=O)(O)O. The van der Waals surface area contributed by atoms with Crippen molar-refractivity contribution in [3.05, 3.63) is 0 Å². The Bertz CT molecular complexity index is 234. The van der Waals surface area contributed by atoms with Gasteiger partial charge in [0.25, 0.3) is 0 Å². The molecule has 0 fully saturated rings. The van der Waals surface area contributed by atoms with Crippen LogP contribution in [0.2, 0.25) is 0 Å². The van der Waals surface area contributed by atoms with Gasteiger partial charge in [-0.25, -0.2) is 5.90 Å². The van der Waals surface area contributed by atoms with Crippen molar-refractivity contribution in [3.63, 3.8) is 0 Å². The lowest BCUT2D eigenvalue weighted by molar-refractivity contribution is 0.134. The van der Waals surface area contributed by atoms with Crippen LogP contribution in [0.3, 0.4) is 0 Å². The van der Waals surface area contributed by atoms with Gasteiger partial charge in [0.2, 0.25) is 0 Å². The summed E-state index contributed by atoms with van der Waals surface area (Å²) in [5.74, 6) is 4.64. The van der Waals surface area contributed by atoms with Crippen LogP contribution in [-0.4, -0.2) is 31.6 Å². The first-order valence-corrected chi connectivity index (χ1v) is 6.98. The van der Waals surface area contributed by atoms with Gasteiger partial charge in [-0.3, -0.25) is 9.13 Å². The summed E-state index contributed by atoms with van der Waals surface area (Å²) < 4.78 is 21.4. The molecule has 0 aliphatic heterocycles. The largest absolute Gasteiger partial charge is 0.340 e. The van der Waals surface area contributed by atoms with Crippen LogP contribution in [0.4, 0.5) is 0 Å². The monoisotopic (exact) mass is 249 g/mol. The summed E-state index contributed by atoms with van der Waals surface area (Å²) in [4.78, 5) is 38.7. The van der Waals surface area contributed by atoms with Crippen molar-refractivity contribution in [2.45, 2.75) is 18.2 Å². The molecule has 0 aromatic carbocycles. The third kappa shape index (κ3) is 5.19. The smallest absolute Gasteiger partial charge is 0.324 e. The van der Waals surface area contributed by atoms with Gasteiger partial charge >= 0.3 is 15.2 Å². The van der Waals surface area contributed by atoms with Crippen LogP contribution in [0.1, 0.15) is 12.8 Å². The lowest BCUT2D eigenvalue weighted by Gasteiger charge is -2.18. The molecule has 14 heavy (non-hydrogen) atoms. The predicted octanol–water partition coefficient (Wildman–Crippen LogP) is -0.662. The molecule has 0 amide bonds. The van der Waals surface area contributed by atoms with Gasteiger partial charge in [0.15, 0.2) is 5.40 Å². The topological polar surface area (TPSA) is 150 Å². The quantitative estimate of drug-likeness (QED) is 0.236. The van der Waals surface area contributed by atoms with Gasteiger partial charge in [-0.1, -0.05) is 0 Å². The van der Waals surface area contributed by atoms with Crippen LogP contribution in [0.25, 0.3) is 0 Å². The number of nitrogens with two attached hydrogens (primary N) is 1. The fourth-order valence-electron chi connectivity index (χ4n) is 0.882. The maximum atomic E-state index is 10.7. The summed E-state index contributed by atoms with van der Waals surface area (Å²) >= 11 is 0. The average molecular weight is 249 g/mol. The highest BCUT2D eigenvalue weighted by atomic mass is 31.2. The Morgan fingerprint density at radius 3 is 1.86 bits per heavy atom. The molecule has 0 atom stereocenters. The normalized spacial score (nSPS) is 13.6. The van der Waals surface area contributed by atoms with Crippen LogP contribution in [0.5, 0.6) is 0 Å². The van der Waals surface area contributed by atoms with Gasteiger partial charge in [-0.15, -0.1) is 0 Å². The molecule has 0 radical (unpaired) electrons. The molecule has 0 aliphatic rings. The van der Waals surface area contributed by atoms with Crippen LogP contribution >= 0.6 is 15.2 Å². The molecule has 0 saturated heterocycles. The molecule has 0 spiro atoms. The first-order chi connectivity index (χ1) is 6.19. The lowest BCUT2D eigenvalue weighted by Crippen LogP contribution is -2.11. The van der Waals surface area contributed by atoms with E-state index in [4.69, 9.17) is 19.6 Å². The Morgan fingerprint density at radius 1 is 1.14 bits per heavy atom. The zero-order valence-electron chi connectivity index (χ0n) is 7.18. The molecule has 0 unspecified atom stereocenters. The second kappa shape index (κ2) is 5.34. The summed E-state index contributed by atoms with van der Waals surface area (Å²) in [5, 5.41) is -1.97. The van der Waals surface area contributed by atoms with Gasteiger partial charge in [0.05, 0.1) is 6.61 Å². The minimum absolute atomic E-state index is 0.0174. The molecular formula is C4H13NO7P2. The van der Waals surface area contributed by atoms with Gasteiger partial charge < -0.3 is 24.4 Å². The maximum absolute atomic E-state index is 10.7. The molecule has 0 aromatic heterocycles. The van der Waals surface area contributed by atoms with Crippen molar-refractivity contribution >= 4 is 15.2 Å². The van der Waals surface area contributed by atoms with Crippen molar-refractivity contribution in [1.82, 2.24) is 0 Å². The highest BCUT2D eigenvalue weighted by Gasteiger charge is 2.42. The molecule has 6 N–H and O–H groups in total. The fraction of sp³-hybridized carbons (Fsp3) is 1.00. The summed E-state index contributed by atoms with van der Waals surface area (Å²) in [6.45, 7) is -0.0174. The van der Waals surface area contributed by atoms with Crippen LogP contribution in [0, 0.1) is 0 Å². The van der Waals surface area contributed by atoms with E-state index in [1.165, 1.54) is 0 Å². The van der Waals surface area contributed by atoms with E-state index in [-0.39, 0.29) is 19.4 Å². The molecule has 0 bridgehead atoms. The Morgan fingerprint density at radius 2 is 1.57 bits per heavy atom. The number of rotatable bonds is 6. The molecule has 0 aromatic rings. The Kier molecular flexibility index (Phi) is 5.43. The van der Waals surface area contributed by atoms with Crippen LogP contribution < -0.4 is 5.90 Å². The van der Waals surface area contributed by atoms with Crippen molar-refractivity contribution in [2.24, 2.45) is 5.90 Å². The average Bonchev–Trinajstić information content (AvgIpc) is 1.92. The summed E-state index contributed by atoms with van der Waals surface area (Å²) in [6, 6.07) is 0. The summed E-state index contributed by atoms with van der Waals surface area (Å²) in [6.07, 6.45) is -0.275. The van der Waals surface area contributed by atoms with Crippen molar-refractivity contribution in [3.8, 4) is 0 Å². The zero-order chi connectivity index (χ0) is 11.4. The maximum Gasteiger partial charge on any atom is 0.340 e. The zero-order valence-corrected chi connectivity index (χ0v) is 8.97. The molecule has 10 heteroatoms. The highest BCUT2D eigenvalue weighted by molar-refractivity contribution is 7.70. The Balaban J connectivity index is 4.45. The summed E-state index contributed by atoms with van der Waals surface area (Å²) in [5.41, 5.74) is 0. The standard InChI is InChI=1S/C4H13NO7P2/c5-12-3-1-2-4(13(6,7)8)14(9,10)11/h4H,1-3,5H2,(H2,6,7,8)(H2,9,10,11). The lowest BCUT2D eigenvalue weighted by atomic mass is 10.4. The Hall–Kier alpha value is 0.220. The van der Waals surface area contributed by atoms with E-state index in [2.05, 4.69) is 10.7 Å². The van der Waals surface area contributed by atoms with Gasteiger partial charge in [-0.05, 0) is 12.8 Å². The predicted molar refractivity (Wildman–Crippen MR) is 47.2 cm³/mol. The Labute approximate surface area is 80.3 Å². The first-order valence-electron chi connectivity index (χ1n) is 3.61. The molecule has 0 rings (SSSR count). The van der Waals surface area contributed by atoms with E-state index in [1.807, 2.05) is 0 Å². The highest BCUT2D eigenvalue weighted by Crippen LogP contribution is 2.61. The van der Waals surface area contributed by atoms with Gasteiger partial charge in [-0.2, -0.15) is 0 Å². The van der Waals surface area contributed by atoms with Gasteiger partial charge in [0, 0.05) is 0 Å².